The van der Waals surface area contributed by atoms with Crippen LogP contribution in [0, 0.1) is 27.7 Å². The van der Waals surface area contributed by atoms with Crippen LogP contribution in [0.2, 0.25) is 0 Å². The van der Waals surface area contributed by atoms with Gasteiger partial charge in [-0.3, -0.25) is 4.68 Å². The van der Waals surface area contributed by atoms with Gasteiger partial charge in [0.25, 0.3) is 0 Å². The van der Waals surface area contributed by atoms with Crippen molar-refractivity contribution in [3.8, 4) is 0 Å². The van der Waals surface area contributed by atoms with Gasteiger partial charge in [0.05, 0.1) is 5.69 Å². The molecular formula is C17H25N3. The second-order valence-electron chi connectivity index (χ2n) is 5.81. The number of nitrogens with zero attached hydrogens (tertiary/aromatic N) is 2. The average Bonchev–Trinajstić information content (AvgIpc) is 2.59. The third-order valence-electron chi connectivity index (χ3n) is 3.89. The van der Waals surface area contributed by atoms with Gasteiger partial charge in [-0.15, -0.1) is 0 Å². The maximum absolute atomic E-state index is 4.49. The molecule has 1 aromatic heterocycles. The molecule has 2 rings (SSSR count). The van der Waals surface area contributed by atoms with Crippen molar-refractivity contribution in [2.75, 3.05) is 0 Å². The fourth-order valence-corrected chi connectivity index (χ4v) is 2.96. The molecule has 2 aromatic rings. The standard InChI is InChI=1S/C17H25N3/c1-11-7-12(2)9-16(8-11)10-18-13(3)17-14(4)19-20(6)15(17)5/h7-9,13,18H,10H2,1-6H3/t13-/m1/s1. The average molecular weight is 271 g/mol. The van der Waals surface area contributed by atoms with Gasteiger partial charge in [-0.2, -0.15) is 5.10 Å². The molecule has 0 radical (unpaired) electrons. The van der Waals surface area contributed by atoms with E-state index in [0.717, 1.165) is 12.2 Å². The summed E-state index contributed by atoms with van der Waals surface area (Å²) in [5.41, 5.74) is 7.66. The van der Waals surface area contributed by atoms with Crippen molar-refractivity contribution < 1.29 is 0 Å². The molecule has 3 heteroatoms. The molecule has 0 unspecified atom stereocenters. The van der Waals surface area contributed by atoms with Gasteiger partial charge in [0.1, 0.15) is 0 Å². The fourth-order valence-electron chi connectivity index (χ4n) is 2.96. The van der Waals surface area contributed by atoms with E-state index in [1.807, 2.05) is 11.7 Å². The van der Waals surface area contributed by atoms with E-state index in [1.165, 1.54) is 27.9 Å². The summed E-state index contributed by atoms with van der Waals surface area (Å²) >= 11 is 0. The van der Waals surface area contributed by atoms with E-state index in [-0.39, 0.29) is 0 Å². The summed E-state index contributed by atoms with van der Waals surface area (Å²) in [5.74, 6) is 0. The van der Waals surface area contributed by atoms with Crippen molar-refractivity contribution in [3.63, 3.8) is 0 Å². The van der Waals surface area contributed by atoms with Crippen LogP contribution in [0.25, 0.3) is 0 Å². The molecule has 1 N–H and O–H groups in total. The molecule has 0 amide bonds. The van der Waals surface area contributed by atoms with E-state index in [1.54, 1.807) is 0 Å². The number of aryl methyl sites for hydroxylation is 4. The summed E-state index contributed by atoms with van der Waals surface area (Å²) in [4.78, 5) is 0. The van der Waals surface area contributed by atoms with Gasteiger partial charge in [-0.25, -0.2) is 0 Å². The highest BCUT2D eigenvalue weighted by molar-refractivity contribution is 5.30. The molecule has 3 nitrogen and oxygen atoms in total. The lowest BCUT2D eigenvalue weighted by Gasteiger charge is -2.15. The lowest BCUT2D eigenvalue weighted by atomic mass is 10.0. The molecule has 20 heavy (non-hydrogen) atoms. The molecule has 108 valence electrons. The predicted molar refractivity (Wildman–Crippen MR) is 83.9 cm³/mol. The Labute approximate surface area is 122 Å². The Balaban J connectivity index is 2.10. The first-order chi connectivity index (χ1) is 9.38. The molecule has 0 aliphatic rings. The minimum atomic E-state index is 0.310. The van der Waals surface area contributed by atoms with Crippen LogP contribution in [0.5, 0.6) is 0 Å². The largest absolute Gasteiger partial charge is 0.306 e. The minimum Gasteiger partial charge on any atom is -0.306 e. The minimum absolute atomic E-state index is 0.310. The second kappa shape index (κ2) is 5.80. The first kappa shape index (κ1) is 14.8. The highest BCUT2D eigenvalue weighted by Gasteiger charge is 2.15. The van der Waals surface area contributed by atoms with Crippen molar-refractivity contribution in [2.45, 2.75) is 47.2 Å². The highest BCUT2D eigenvalue weighted by atomic mass is 15.3. The van der Waals surface area contributed by atoms with Gasteiger partial charge < -0.3 is 5.32 Å². The van der Waals surface area contributed by atoms with Gasteiger partial charge in [-0.1, -0.05) is 29.3 Å². The molecule has 0 fully saturated rings. The van der Waals surface area contributed by atoms with Gasteiger partial charge in [0.15, 0.2) is 0 Å². The third kappa shape index (κ3) is 3.10. The van der Waals surface area contributed by atoms with E-state index >= 15 is 0 Å². The number of aromatic nitrogens is 2. The monoisotopic (exact) mass is 271 g/mol. The van der Waals surface area contributed by atoms with Gasteiger partial charge in [0, 0.05) is 30.9 Å². The van der Waals surface area contributed by atoms with E-state index in [4.69, 9.17) is 0 Å². The Morgan fingerprint density at radius 3 is 2.20 bits per heavy atom. The molecule has 0 aliphatic heterocycles. The van der Waals surface area contributed by atoms with Crippen molar-refractivity contribution in [1.82, 2.24) is 15.1 Å². The molecule has 0 bridgehead atoms. The first-order valence-electron chi connectivity index (χ1n) is 7.19. The third-order valence-corrected chi connectivity index (χ3v) is 3.89. The van der Waals surface area contributed by atoms with Gasteiger partial charge >= 0.3 is 0 Å². The maximum atomic E-state index is 4.49. The highest BCUT2D eigenvalue weighted by Crippen LogP contribution is 2.21. The van der Waals surface area contributed by atoms with E-state index in [9.17, 15) is 0 Å². The van der Waals surface area contributed by atoms with Crippen molar-refractivity contribution >= 4 is 0 Å². The van der Waals surface area contributed by atoms with Crippen LogP contribution >= 0.6 is 0 Å². The Hall–Kier alpha value is -1.61. The summed E-state index contributed by atoms with van der Waals surface area (Å²) in [6, 6.07) is 7.01. The van der Waals surface area contributed by atoms with Gasteiger partial charge in [0.2, 0.25) is 0 Å². The molecule has 0 aliphatic carbocycles. The summed E-state index contributed by atoms with van der Waals surface area (Å²) in [6.07, 6.45) is 0. The molecule has 0 spiro atoms. The topological polar surface area (TPSA) is 29.9 Å². The Morgan fingerprint density at radius 1 is 1.10 bits per heavy atom. The zero-order valence-corrected chi connectivity index (χ0v) is 13.4. The van der Waals surface area contributed by atoms with Crippen molar-refractivity contribution in [2.24, 2.45) is 7.05 Å². The number of rotatable bonds is 4. The van der Waals surface area contributed by atoms with Crippen LogP contribution in [0.1, 0.15) is 46.6 Å². The lowest BCUT2D eigenvalue weighted by molar-refractivity contribution is 0.568. The Kier molecular flexibility index (Phi) is 4.29. The van der Waals surface area contributed by atoms with Crippen LogP contribution in [-0.4, -0.2) is 9.78 Å². The smallest absolute Gasteiger partial charge is 0.0644 e. The molecule has 1 aromatic carbocycles. The van der Waals surface area contributed by atoms with E-state index in [0.29, 0.717) is 6.04 Å². The zero-order chi connectivity index (χ0) is 14.9. The molecule has 1 atom stereocenters. The SMILES string of the molecule is Cc1cc(C)cc(CN[C@H](C)c2c(C)nn(C)c2C)c1. The Morgan fingerprint density at radius 2 is 1.70 bits per heavy atom. The van der Waals surface area contributed by atoms with E-state index < -0.39 is 0 Å². The number of hydrogen-bond acceptors (Lipinski definition) is 2. The van der Waals surface area contributed by atoms with Crippen LogP contribution in [0.4, 0.5) is 0 Å². The van der Waals surface area contributed by atoms with Crippen LogP contribution in [-0.2, 0) is 13.6 Å². The predicted octanol–water partition coefficient (Wildman–Crippen LogP) is 3.50. The molecule has 0 saturated heterocycles. The molecule has 1 heterocycles. The number of nitrogens with one attached hydrogen (secondary N) is 1. The summed E-state index contributed by atoms with van der Waals surface area (Å²) in [6.45, 7) is 11.6. The number of hydrogen-bond donors (Lipinski definition) is 1. The second-order valence-corrected chi connectivity index (χ2v) is 5.81. The van der Waals surface area contributed by atoms with Crippen molar-refractivity contribution in [1.29, 1.82) is 0 Å². The quantitative estimate of drug-likeness (QED) is 0.922. The molecule has 0 saturated carbocycles. The van der Waals surface area contributed by atoms with E-state index in [2.05, 4.69) is 63.2 Å². The summed E-state index contributed by atoms with van der Waals surface area (Å²) in [7, 11) is 2.00. The lowest BCUT2D eigenvalue weighted by Crippen LogP contribution is -2.19. The first-order valence-corrected chi connectivity index (χ1v) is 7.19. The summed E-state index contributed by atoms with van der Waals surface area (Å²) < 4.78 is 1.96. The fraction of sp³-hybridized carbons (Fsp3) is 0.471. The van der Waals surface area contributed by atoms with Crippen molar-refractivity contribution in [3.05, 3.63) is 51.8 Å². The normalized spacial score (nSPS) is 12.7. The number of benzene rings is 1. The zero-order valence-electron chi connectivity index (χ0n) is 13.4. The molecular weight excluding hydrogens is 246 g/mol. The van der Waals surface area contributed by atoms with Crippen LogP contribution < -0.4 is 5.32 Å². The van der Waals surface area contributed by atoms with Crippen LogP contribution in [0.3, 0.4) is 0 Å². The maximum Gasteiger partial charge on any atom is 0.0644 e. The van der Waals surface area contributed by atoms with Crippen LogP contribution in [0.15, 0.2) is 18.2 Å². The van der Waals surface area contributed by atoms with Gasteiger partial charge in [-0.05, 0) is 40.2 Å². The Bertz CT molecular complexity index is 591. The summed E-state index contributed by atoms with van der Waals surface area (Å²) in [5, 5.41) is 8.10.